The van der Waals surface area contributed by atoms with Crippen molar-refractivity contribution in [3.05, 3.63) is 95.6 Å². The third-order valence-electron chi connectivity index (χ3n) is 6.60. The highest BCUT2D eigenvalue weighted by Gasteiger charge is 2.22. The molecule has 0 unspecified atom stereocenters. The predicted molar refractivity (Wildman–Crippen MR) is 147 cm³/mol. The van der Waals surface area contributed by atoms with Crippen molar-refractivity contribution in [2.24, 2.45) is 5.92 Å². The number of benzene rings is 3. The van der Waals surface area contributed by atoms with E-state index in [9.17, 15) is 19.5 Å². The first-order chi connectivity index (χ1) is 18.5. The molecular weight excluding hydrogens is 480 g/mol. The molecule has 0 bridgehead atoms. The van der Waals surface area contributed by atoms with Gasteiger partial charge in [-0.2, -0.15) is 0 Å². The Hall–Kier alpha value is -4.13. The van der Waals surface area contributed by atoms with Gasteiger partial charge >= 0.3 is 5.97 Å². The predicted octanol–water partition coefficient (Wildman–Crippen LogP) is 5.10. The number of anilines is 1. The van der Waals surface area contributed by atoms with Gasteiger partial charge in [0.2, 0.25) is 5.91 Å². The lowest BCUT2D eigenvalue weighted by Crippen LogP contribution is -2.32. The summed E-state index contributed by atoms with van der Waals surface area (Å²) in [7, 11) is 0. The Morgan fingerprint density at radius 1 is 0.921 bits per heavy atom. The normalized spacial score (nSPS) is 13.4. The minimum atomic E-state index is -1.01. The summed E-state index contributed by atoms with van der Waals surface area (Å²) in [6.07, 6.45) is 5.50. The van der Waals surface area contributed by atoms with Crippen molar-refractivity contribution in [1.82, 2.24) is 5.32 Å². The zero-order chi connectivity index (χ0) is 26.7. The molecule has 3 aromatic carbocycles. The quantitative estimate of drug-likeness (QED) is 0.193. The Morgan fingerprint density at radius 2 is 1.63 bits per heavy atom. The number of carbonyl (C=O) groups is 3. The topological polar surface area (TPSA) is 105 Å². The van der Waals surface area contributed by atoms with Gasteiger partial charge in [0.1, 0.15) is 18.4 Å². The lowest BCUT2D eigenvalue weighted by molar-refractivity contribution is -0.137. The Kier molecular flexibility index (Phi) is 9.51. The largest absolute Gasteiger partial charge is 0.492 e. The first-order valence-corrected chi connectivity index (χ1v) is 13.2. The molecule has 0 aliphatic heterocycles. The summed E-state index contributed by atoms with van der Waals surface area (Å²) in [4.78, 5) is 36.9. The summed E-state index contributed by atoms with van der Waals surface area (Å²) in [5.74, 6) is 0.364. The maximum absolute atomic E-state index is 13.0. The van der Waals surface area contributed by atoms with Crippen molar-refractivity contribution in [3.63, 3.8) is 0 Å². The second-order valence-electron chi connectivity index (χ2n) is 9.66. The van der Waals surface area contributed by atoms with Gasteiger partial charge in [-0.25, -0.2) is 4.79 Å². The van der Waals surface area contributed by atoms with E-state index in [4.69, 9.17) is 4.74 Å². The van der Waals surface area contributed by atoms with E-state index in [1.165, 1.54) is 12.8 Å². The molecule has 0 saturated heterocycles. The molecule has 0 spiro atoms. The average Bonchev–Trinajstić information content (AvgIpc) is 3.76. The lowest BCUT2D eigenvalue weighted by atomic mass is 10.00. The van der Waals surface area contributed by atoms with Crippen LogP contribution >= 0.6 is 0 Å². The van der Waals surface area contributed by atoms with Gasteiger partial charge in [-0.15, -0.1) is 0 Å². The molecule has 7 heteroatoms. The average molecular weight is 515 g/mol. The van der Waals surface area contributed by atoms with Crippen LogP contribution in [0.1, 0.15) is 53.6 Å². The highest BCUT2D eigenvalue weighted by atomic mass is 16.5. The van der Waals surface area contributed by atoms with Crippen LogP contribution in [0.25, 0.3) is 0 Å². The van der Waals surface area contributed by atoms with Gasteiger partial charge in [0.15, 0.2) is 5.78 Å². The summed E-state index contributed by atoms with van der Waals surface area (Å²) < 4.78 is 5.71. The van der Waals surface area contributed by atoms with Crippen LogP contribution < -0.4 is 15.4 Å². The highest BCUT2D eigenvalue weighted by molar-refractivity contribution is 6.12. The van der Waals surface area contributed by atoms with Crippen LogP contribution in [0, 0.1) is 5.92 Å². The fraction of sp³-hybridized carbons (Fsp3) is 0.323. The number of carboxylic acid groups (broad SMARTS) is 1. The zero-order valence-electron chi connectivity index (χ0n) is 21.4. The fourth-order valence-electron chi connectivity index (χ4n) is 4.30. The van der Waals surface area contributed by atoms with E-state index in [1.54, 1.807) is 60.7 Å². The number of para-hydroxylation sites is 1. The third-order valence-corrected chi connectivity index (χ3v) is 6.60. The molecule has 1 amide bonds. The molecule has 1 atom stereocenters. The molecule has 0 aromatic heterocycles. The number of ketones is 1. The number of amides is 1. The number of carbonyl (C=O) groups excluding carboxylic acids is 2. The smallest absolute Gasteiger partial charge is 0.326 e. The molecule has 1 fully saturated rings. The highest BCUT2D eigenvalue weighted by Crippen LogP contribution is 2.33. The minimum absolute atomic E-state index is 0.0591. The number of hydrogen-bond donors (Lipinski definition) is 3. The molecule has 1 saturated carbocycles. The first-order valence-electron chi connectivity index (χ1n) is 13.2. The number of hydrogen-bond acceptors (Lipinski definition) is 5. The number of carboxylic acids is 1. The molecule has 0 radical (unpaired) electrons. The van der Waals surface area contributed by atoms with Gasteiger partial charge in [0, 0.05) is 29.7 Å². The van der Waals surface area contributed by atoms with Gasteiger partial charge in [0.25, 0.3) is 0 Å². The van der Waals surface area contributed by atoms with E-state index < -0.39 is 12.0 Å². The number of aliphatic carboxylic acids is 1. The van der Waals surface area contributed by atoms with Gasteiger partial charge in [0.05, 0.1) is 6.54 Å². The molecule has 7 nitrogen and oxygen atoms in total. The van der Waals surface area contributed by atoms with Crippen LogP contribution in [0.2, 0.25) is 0 Å². The van der Waals surface area contributed by atoms with Crippen molar-refractivity contribution in [2.75, 3.05) is 18.5 Å². The summed E-state index contributed by atoms with van der Waals surface area (Å²) in [5, 5.41) is 15.8. The lowest BCUT2D eigenvalue weighted by Gasteiger charge is -2.18. The molecule has 3 N–H and O–H groups in total. The van der Waals surface area contributed by atoms with Crippen LogP contribution in [-0.4, -0.2) is 42.0 Å². The van der Waals surface area contributed by atoms with Crippen molar-refractivity contribution in [1.29, 1.82) is 0 Å². The van der Waals surface area contributed by atoms with Gasteiger partial charge in [-0.1, -0.05) is 67.4 Å². The van der Waals surface area contributed by atoms with Crippen molar-refractivity contribution in [3.8, 4) is 5.75 Å². The molecule has 1 aliphatic carbocycles. The molecule has 3 aromatic rings. The molecule has 0 heterocycles. The first kappa shape index (κ1) is 26.9. The van der Waals surface area contributed by atoms with Crippen molar-refractivity contribution < 1.29 is 24.2 Å². The Morgan fingerprint density at radius 3 is 2.34 bits per heavy atom. The number of ether oxygens (including phenoxy) is 1. The second-order valence-corrected chi connectivity index (χ2v) is 9.66. The summed E-state index contributed by atoms with van der Waals surface area (Å²) >= 11 is 0. The molecule has 1 aliphatic rings. The second kappa shape index (κ2) is 13.4. The van der Waals surface area contributed by atoms with E-state index in [0.29, 0.717) is 42.1 Å². The van der Waals surface area contributed by atoms with Crippen molar-refractivity contribution >= 4 is 23.3 Å². The van der Waals surface area contributed by atoms with E-state index >= 15 is 0 Å². The van der Waals surface area contributed by atoms with E-state index in [-0.39, 0.29) is 18.1 Å². The summed E-state index contributed by atoms with van der Waals surface area (Å²) in [5.41, 5.74) is 2.25. The van der Waals surface area contributed by atoms with E-state index in [2.05, 4.69) is 10.6 Å². The Balaban J connectivity index is 1.28. The van der Waals surface area contributed by atoms with Crippen LogP contribution in [0.15, 0.2) is 78.9 Å². The summed E-state index contributed by atoms with van der Waals surface area (Å²) in [6, 6.07) is 22.1. The van der Waals surface area contributed by atoms with Gasteiger partial charge < -0.3 is 20.5 Å². The summed E-state index contributed by atoms with van der Waals surface area (Å²) in [6.45, 7) is 0.801. The third kappa shape index (κ3) is 8.20. The fourth-order valence-corrected chi connectivity index (χ4v) is 4.30. The van der Waals surface area contributed by atoms with Crippen LogP contribution in [-0.2, 0) is 16.0 Å². The van der Waals surface area contributed by atoms with Crippen LogP contribution in [0.3, 0.4) is 0 Å². The Bertz CT molecular complexity index is 1220. The molecule has 198 valence electrons. The van der Waals surface area contributed by atoms with E-state index in [1.807, 2.05) is 18.2 Å². The molecule has 4 rings (SSSR count). The van der Waals surface area contributed by atoms with Gasteiger partial charge in [-0.05, 0) is 48.6 Å². The standard InChI is InChI=1S/C31H34N2O5/c34-29(12-6-7-22-13-14-22)32-19-20-38-25-17-15-23(16-18-25)21-28(31(36)37)33-27-11-5-4-10-26(27)30(35)24-8-2-1-3-9-24/h1-5,8-11,15-18,22,28,33H,6-7,12-14,19-21H2,(H,32,34)(H,36,37)/t28-/m0/s1. The van der Waals surface area contributed by atoms with Crippen molar-refractivity contribution in [2.45, 2.75) is 44.6 Å². The van der Waals surface area contributed by atoms with Crippen LogP contribution in [0.4, 0.5) is 5.69 Å². The minimum Gasteiger partial charge on any atom is -0.492 e. The van der Waals surface area contributed by atoms with Gasteiger partial charge in [-0.3, -0.25) is 9.59 Å². The zero-order valence-corrected chi connectivity index (χ0v) is 21.4. The monoisotopic (exact) mass is 514 g/mol. The number of nitrogens with one attached hydrogen (secondary N) is 2. The molecular formula is C31H34N2O5. The number of rotatable bonds is 15. The SMILES string of the molecule is O=C(CCCC1CC1)NCCOc1ccc(C[C@H](Nc2ccccc2C(=O)c2ccccc2)C(=O)O)cc1. The van der Waals surface area contributed by atoms with Crippen LogP contribution in [0.5, 0.6) is 5.75 Å². The maximum Gasteiger partial charge on any atom is 0.326 e. The molecule has 38 heavy (non-hydrogen) atoms. The Labute approximate surface area is 223 Å². The maximum atomic E-state index is 13.0. The van der Waals surface area contributed by atoms with E-state index in [0.717, 1.165) is 24.3 Å².